The van der Waals surface area contributed by atoms with Gasteiger partial charge in [0.05, 0.1) is 10.6 Å². The molecule has 0 heterocycles. The number of amides is 1. The molecule has 2 aromatic carbocycles. The highest BCUT2D eigenvalue weighted by Gasteiger charge is 2.13. The van der Waals surface area contributed by atoms with Crippen LogP contribution in [0, 0.1) is 6.92 Å². The van der Waals surface area contributed by atoms with E-state index in [-0.39, 0.29) is 10.6 Å². The molecule has 1 N–H and O–H groups in total. The van der Waals surface area contributed by atoms with Crippen molar-refractivity contribution in [3.63, 3.8) is 0 Å². The van der Waals surface area contributed by atoms with Crippen molar-refractivity contribution in [3.8, 4) is 0 Å². The molecule has 2 rings (SSSR count). The topological polar surface area (TPSA) is 55.4 Å². The van der Waals surface area contributed by atoms with Gasteiger partial charge in [-0.05, 0) is 36.8 Å². The largest absolute Gasteiger partial charge is 0.452 e. The molecule has 0 saturated heterocycles. The van der Waals surface area contributed by atoms with Crippen LogP contribution in [0.5, 0.6) is 0 Å². The average Bonchev–Trinajstić information content (AvgIpc) is 2.49. The van der Waals surface area contributed by atoms with Crippen LogP contribution in [0.15, 0.2) is 42.5 Å². The van der Waals surface area contributed by atoms with Crippen LogP contribution in [-0.4, -0.2) is 18.5 Å². The van der Waals surface area contributed by atoms with Crippen molar-refractivity contribution >= 4 is 40.8 Å². The lowest BCUT2D eigenvalue weighted by molar-refractivity contribution is -0.119. The predicted octanol–water partition coefficient (Wildman–Crippen LogP) is 4.10. The Labute approximate surface area is 138 Å². The number of anilines is 1. The molecule has 1 amide bonds. The quantitative estimate of drug-likeness (QED) is 0.854. The summed E-state index contributed by atoms with van der Waals surface area (Å²) < 4.78 is 4.93. The molecule has 0 aliphatic rings. The van der Waals surface area contributed by atoms with E-state index in [0.717, 1.165) is 5.56 Å². The maximum absolute atomic E-state index is 11.8. The lowest BCUT2D eigenvalue weighted by atomic mass is 10.2. The van der Waals surface area contributed by atoms with E-state index >= 15 is 0 Å². The highest BCUT2D eigenvalue weighted by molar-refractivity contribution is 6.33. The molecular formula is C16H13Cl2NO3. The first kappa shape index (κ1) is 16.3. The summed E-state index contributed by atoms with van der Waals surface area (Å²) in [6.45, 7) is 1.45. The van der Waals surface area contributed by atoms with Crippen molar-refractivity contribution in [2.75, 3.05) is 11.9 Å². The molecule has 0 saturated carbocycles. The predicted molar refractivity (Wildman–Crippen MR) is 86.6 cm³/mol. The summed E-state index contributed by atoms with van der Waals surface area (Å²) >= 11 is 11.9. The van der Waals surface area contributed by atoms with E-state index < -0.39 is 18.5 Å². The van der Waals surface area contributed by atoms with Gasteiger partial charge in [-0.25, -0.2) is 4.79 Å². The molecule has 0 aliphatic carbocycles. The van der Waals surface area contributed by atoms with Crippen molar-refractivity contribution in [1.82, 2.24) is 0 Å². The fourth-order valence-corrected chi connectivity index (χ4v) is 2.10. The Hall–Kier alpha value is -2.04. The zero-order chi connectivity index (χ0) is 16.1. The van der Waals surface area contributed by atoms with Gasteiger partial charge in [-0.3, -0.25) is 4.79 Å². The minimum Gasteiger partial charge on any atom is -0.452 e. The Morgan fingerprint density at radius 3 is 2.50 bits per heavy atom. The Bertz CT molecular complexity index is 716. The lowest BCUT2D eigenvalue weighted by Crippen LogP contribution is -2.21. The van der Waals surface area contributed by atoms with Gasteiger partial charge in [-0.1, -0.05) is 41.4 Å². The summed E-state index contributed by atoms with van der Waals surface area (Å²) in [5.41, 5.74) is 1.66. The first-order chi connectivity index (χ1) is 10.5. The Morgan fingerprint density at radius 2 is 1.82 bits per heavy atom. The van der Waals surface area contributed by atoms with E-state index in [1.807, 2.05) is 6.92 Å². The van der Waals surface area contributed by atoms with Crippen LogP contribution in [-0.2, 0) is 9.53 Å². The highest BCUT2D eigenvalue weighted by Crippen LogP contribution is 2.20. The molecule has 114 valence electrons. The number of aryl methyl sites for hydroxylation is 1. The third-order valence-electron chi connectivity index (χ3n) is 2.88. The molecule has 0 radical (unpaired) electrons. The molecule has 0 aromatic heterocycles. The molecule has 0 bridgehead atoms. The summed E-state index contributed by atoms with van der Waals surface area (Å²) in [4.78, 5) is 23.6. The molecule has 0 aliphatic heterocycles. The fourth-order valence-electron chi connectivity index (χ4n) is 1.70. The van der Waals surface area contributed by atoms with Gasteiger partial charge in [-0.15, -0.1) is 0 Å². The van der Waals surface area contributed by atoms with Gasteiger partial charge in [0, 0.05) is 10.7 Å². The average molecular weight is 338 g/mol. The molecule has 4 nitrogen and oxygen atoms in total. The van der Waals surface area contributed by atoms with Gasteiger partial charge in [0.1, 0.15) is 0 Å². The van der Waals surface area contributed by atoms with Crippen LogP contribution in [0.3, 0.4) is 0 Å². The standard InChI is InChI=1S/C16H13Cl2NO3/c1-10-6-7-11(8-14(10)18)19-15(20)9-22-16(21)12-4-2-3-5-13(12)17/h2-8H,9H2,1H3,(H,19,20). The smallest absolute Gasteiger partial charge is 0.340 e. The highest BCUT2D eigenvalue weighted by atomic mass is 35.5. The van der Waals surface area contributed by atoms with Gasteiger partial charge < -0.3 is 10.1 Å². The minimum absolute atomic E-state index is 0.218. The fraction of sp³-hybridized carbons (Fsp3) is 0.125. The van der Waals surface area contributed by atoms with E-state index in [9.17, 15) is 9.59 Å². The van der Waals surface area contributed by atoms with E-state index in [1.165, 1.54) is 6.07 Å². The summed E-state index contributed by atoms with van der Waals surface area (Å²) in [5.74, 6) is -1.11. The maximum atomic E-state index is 11.8. The van der Waals surface area contributed by atoms with Crippen LogP contribution in [0.25, 0.3) is 0 Å². The number of hydrogen-bond acceptors (Lipinski definition) is 3. The minimum atomic E-state index is -0.650. The van der Waals surface area contributed by atoms with Gasteiger partial charge in [0.25, 0.3) is 5.91 Å². The van der Waals surface area contributed by atoms with E-state index in [4.69, 9.17) is 27.9 Å². The van der Waals surface area contributed by atoms with E-state index in [1.54, 1.807) is 36.4 Å². The summed E-state index contributed by atoms with van der Waals surface area (Å²) in [6, 6.07) is 11.6. The Morgan fingerprint density at radius 1 is 1.09 bits per heavy atom. The zero-order valence-electron chi connectivity index (χ0n) is 11.7. The monoisotopic (exact) mass is 337 g/mol. The Kier molecular flexibility index (Phi) is 5.41. The molecule has 2 aromatic rings. The number of nitrogens with one attached hydrogen (secondary N) is 1. The second-order valence-corrected chi connectivity index (χ2v) is 5.38. The normalized spacial score (nSPS) is 10.1. The van der Waals surface area contributed by atoms with Crippen LogP contribution < -0.4 is 5.32 Å². The molecular weight excluding hydrogens is 325 g/mol. The lowest BCUT2D eigenvalue weighted by Gasteiger charge is -2.08. The number of carbonyl (C=O) groups is 2. The molecule has 0 atom stereocenters. The summed E-state index contributed by atoms with van der Waals surface area (Å²) in [6.07, 6.45) is 0. The Balaban J connectivity index is 1.91. The van der Waals surface area contributed by atoms with Crippen LogP contribution in [0.4, 0.5) is 5.69 Å². The number of ether oxygens (including phenoxy) is 1. The number of hydrogen-bond donors (Lipinski definition) is 1. The van der Waals surface area contributed by atoms with E-state index in [0.29, 0.717) is 10.7 Å². The molecule has 0 fully saturated rings. The number of esters is 1. The molecule has 22 heavy (non-hydrogen) atoms. The number of carbonyl (C=O) groups excluding carboxylic acids is 2. The summed E-state index contributed by atoms with van der Waals surface area (Å²) in [7, 11) is 0. The van der Waals surface area contributed by atoms with Gasteiger partial charge in [0.2, 0.25) is 0 Å². The second kappa shape index (κ2) is 7.29. The summed E-state index contributed by atoms with van der Waals surface area (Å²) in [5, 5.41) is 3.42. The molecule has 0 spiro atoms. The zero-order valence-corrected chi connectivity index (χ0v) is 13.2. The molecule has 6 heteroatoms. The third kappa shape index (κ3) is 4.23. The number of halogens is 2. The molecule has 0 unspecified atom stereocenters. The number of rotatable bonds is 4. The first-order valence-electron chi connectivity index (χ1n) is 6.45. The van der Waals surface area contributed by atoms with Crippen molar-refractivity contribution < 1.29 is 14.3 Å². The first-order valence-corrected chi connectivity index (χ1v) is 7.20. The van der Waals surface area contributed by atoms with Crippen LogP contribution in [0.2, 0.25) is 10.0 Å². The SMILES string of the molecule is Cc1ccc(NC(=O)COC(=O)c2ccccc2Cl)cc1Cl. The van der Waals surface area contributed by atoms with Gasteiger partial charge in [0.15, 0.2) is 6.61 Å². The van der Waals surface area contributed by atoms with Gasteiger partial charge in [-0.2, -0.15) is 0 Å². The maximum Gasteiger partial charge on any atom is 0.340 e. The number of benzene rings is 2. The van der Waals surface area contributed by atoms with Gasteiger partial charge >= 0.3 is 5.97 Å². The van der Waals surface area contributed by atoms with Crippen molar-refractivity contribution in [2.24, 2.45) is 0 Å². The third-order valence-corrected chi connectivity index (χ3v) is 3.62. The van der Waals surface area contributed by atoms with Crippen molar-refractivity contribution in [2.45, 2.75) is 6.92 Å². The van der Waals surface area contributed by atoms with Crippen LogP contribution in [0.1, 0.15) is 15.9 Å². The van der Waals surface area contributed by atoms with Crippen molar-refractivity contribution in [1.29, 1.82) is 0 Å². The van der Waals surface area contributed by atoms with Crippen LogP contribution >= 0.6 is 23.2 Å². The van der Waals surface area contributed by atoms with E-state index in [2.05, 4.69) is 5.32 Å². The second-order valence-electron chi connectivity index (χ2n) is 4.57. The van der Waals surface area contributed by atoms with Crippen molar-refractivity contribution in [3.05, 3.63) is 63.6 Å².